The Morgan fingerprint density at radius 1 is 1.29 bits per heavy atom. The molecule has 2 rings (SSSR count). The fraction of sp³-hybridized carbons (Fsp3) is 0.176. The molecule has 1 N–H and O–H groups in total. The van der Waals surface area contributed by atoms with Crippen LogP contribution in [-0.4, -0.2) is 21.9 Å². The molecule has 0 atom stereocenters. The molecule has 21 heavy (non-hydrogen) atoms. The summed E-state index contributed by atoms with van der Waals surface area (Å²) in [6.07, 6.45) is 1.07. The van der Waals surface area contributed by atoms with E-state index in [9.17, 15) is 14.7 Å². The van der Waals surface area contributed by atoms with Crippen molar-refractivity contribution in [2.45, 2.75) is 13.3 Å². The molecule has 0 amide bonds. The van der Waals surface area contributed by atoms with Gasteiger partial charge in [-0.1, -0.05) is 31.0 Å². The molecular formula is C17H15NO3. The topological polar surface area (TPSA) is 59.3 Å². The summed E-state index contributed by atoms with van der Waals surface area (Å²) in [7, 11) is 1.66. The number of aldehydes is 1. The Bertz CT molecular complexity index is 746. The Morgan fingerprint density at radius 2 is 1.95 bits per heavy atom. The largest absolute Gasteiger partial charge is 0.478 e. The molecule has 0 spiro atoms. The second kappa shape index (κ2) is 6.10. The van der Waals surface area contributed by atoms with Gasteiger partial charge in [0.05, 0.1) is 17.0 Å². The molecule has 0 unspecified atom stereocenters. The van der Waals surface area contributed by atoms with Crippen LogP contribution in [0.15, 0.2) is 30.3 Å². The van der Waals surface area contributed by atoms with Crippen molar-refractivity contribution >= 4 is 12.3 Å². The standard InChI is InChI=1S/C17H15NO3/c1-3-13-14(10-9-12-7-5-4-6-8-12)18(2)15(11-19)16(13)17(20)21/h4-8,11H,3H2,1-2H3,(H,20,21). The van der Waals surface area contributed by atoms with Gasteiger partial charge in [-0.2, -0.15) is 0 Å². The van der Waals surface area contributed by atoms with Gasteiger partial charge in [-0.15, -0.1) is 0 Å². The van der Waals surface area contributed by atoms with E-state index in [0.717, 1.165) is 5.56 Å². The highest BCUT2D eigenvalue weighted by Crippen LogP contribution is 2.21. The van der Waals surface area contributed by atoms with Gasteiger partial charge in [0.25, 0.3) is 0 Å². The molecule has 4 heteroatoms. The van der Waals surface area contributed by atoms with Crippen LogP contribution in [0.25, 0.3) is 0 Å². The minimum Gasteiger partial charge on any atom is -0.478 e. The zero-order valence-electron chi connectivity index (χ0n) is 11.9. The lowest BCUT2D eigenvalue weighted by Gasteiger charge is -1.98. The van der Waals surface area contributed by atoms with E-state index in [1.807, 2.05) is 37.3 Å². The fourth-order valence-corrected chi connectivity index (χ4v) is 2.30. The van der Waals surface area contributed by atoms with Crippen molar-refractivity contribution in [1.82, 2.24) is 4.57 Å². The maximum atomic E-state index is 11.4. The molecule has 1 heterocycles. The first kappa shape index (κ1) is 14.6. The van der Waals surface area contributed by atoms with E-state index in [-0.39, 0.29) is 11.3 Å². The summed E-state index contributed by atoms with van der Waals surface area (Å²) in [4.78, 5) is 22.6. The van der Waals surface area contributed by atoms with E-state index in [1.54, 1.807) is 11.6 Å². The summed E-state index contributed by atoms with van der Waals surface area (Å²) in [5, 5.41) is 9.31. The molecule has 1 aromatic carbocycles. The van der Waals surface area contributed by atoms with Gasteiger partial charge in [-0.05, 0) is 24.5 Å². The number of carbonyl (C=O) groups excluding carboxylic acids is 1. The summed E-state index contributed by atoms with van der Waals surface area (Å²) in [6, 6.07) is 9.42. The molecule has 106 valence electrons. The van der Waals surface area contributed by atoms with Crippen LogP contribution in [0.2, 0.25) is 0 Å². The maximum absolute atomic E-state index is 11.4. The summed E-state index contributed by atoms with van der Waals surface area (Å²) in [6.45, 7) is 1.85. The minimum absolute atomic E-state index is 0.0485. The number of carboxylic acid groups (broad SMARTS) is 1. The van der Waals surface area contributed by atoms with Crippen molar-refractivity contribution in [1.29, 1.82) is 0 Å². The highest BCUT2D eigenvalue weighted by Gasteiger charge is 2.23. The molecule has 0 aliphatic heterocycles. The fourth-order valence-electron chi connectivity index (χ4n) is 2.30. The number of hydrogen-bond donors (Lipinski definition) is 1. The Balaban J connectivity index is 2.62. The number of carbonyl (C=O) groups is 2. The van der Waals surface area contributed by atoms with Crippen LogP contribution >= 0.6 is 0 Å². The number of rotatable bonds is 3. The molecule has 4 nitrogen and oxygen atoms in total. The van der Waals surface area contributed by atoms with E-state index >= 15 is 0 Å². The molecular weight excluding hydrogens is 266 g/mol. The summed E-state index contributed by atoms with van der Waals surface area (Å²) < 4.78 is 1.55. The molecule has 0 fully saturated rings. The average Bonchev–Trinajstić information content (AvgIpc) is 2.77. The minimum atomic E-state index is -1.10. The van der Waals surface area contributed by atoms with Crippen LogP contribution in [0.1, 0.15) is 44.6 Å². The molecule has 2 aromatic rings. The zero-order valence-corrected chi connectivity index (χ0v) is 11.9. The third-order valence-electron chi connectivity index (χ3n) is 3.32. The van der Waals surface area contributed by atoms with E-state index < -0.39 is 5.97 Å². The van der Waals surface area contributed by atoms with Crippen molar-refractivity contribution in [3.05, 3.63) is 58.4 Å². The number of nitrogens with zero attached hydrogens (tertiary/aromatic N) is 1. The van der Waals surface area contributed by atoms with Gasteiger partial charge < -0.3 is 9.67 Å². The van der Waals surface area contributed by atoms with E-state index in [0.29, 0.717) is 24.0 Å². The summed E-state index contributed by atoms with van der Waals surface area (Å²) >= 11 is 0. The maximum Gasteiger partial charge on any atom is 0.338 e. The first-order chi connectivity index (χ1) is 10.1. The second-order valence-corrected chi connectivity index (χ2v) is 4.54. The molecule has 0 radical (unpaired) electrons. The lowest BCUT2D eigenvalue weighted by Crippen LogP contribution is -2.04. The van der Waals surface area contributed by atoms with Crippen LogP contribution in [0.3, 0.4) is 0 Å². The van der Waals surface area contributed by atoms with Crippen molar-refractivity contribution in [2.75, 3.05) is 0 Å². The predicted octanol–water partition coefficient (Wildman–Crippen LogP) is 2.50. The Hall–Kier alpha value is -2.80. The van der Waals surface area contributed by atoms with Gasteiger partial charge in [0.2, 0.25) is 0 Å². The molecule has 0 saturated heterocycles. The third kappa shape index (κ3) is 2.72. The van der Waals surface area contributed by atoms with Gasteiger partial charge in [0, 0.05) is 18.2 Å². The smallest absolute Gasteiger partial charge is 0.338 e. The number of carboxylic acids is 1. The summed E-state index contributed by atoms with van der Waals surface area (Å²) in [5.74, 6) is 4.89. The Labute approximate surface area is 123 Å². The Kier molecular flexibility index (Phi) is 4.24. The van der Waals surface area contributed by atoms with E-state index in [2.05, 4.69) is 11.8 Å². The first-order valence-electron chi connectivity index (χ1n) is 6.57. The zero-order chi connectivity index (χ0) is 15.4. The number of aromatic nitrogens is 1. The monoisotopic (exact) mass is 281 g/mol. The van der Waals surface area contributed by atoms with Crippen molar-refractivity contribution in [3.63, 3.8) is 0 Å². The highest BCUT2D eigenvalue weighted by molar-refractivity contribution is 5.99. The Morgan fingerprint density at radius 3 is 2.48 bits per heavy atom. The lowest BCUT2D eigenvalue weighted by molar-refractivity contribution is 0.0692. The SMILES string of the molecule is CCc1c(C(=O)O)c(C=O)n(C)c1C#Cc1ccccc1. The molecule has 0 bridgehead atoms. The quantitative estimate of drug-likeness (QED) is 0.694. The van der Waals surface area contributed by atoms with Gasteiger partial charge in [-0.25, -0.2) is 4.79 Å². The first-order valence-corrected chi connectivity index (χ1v) is 6.57. The van der Waals surface area contributed by atoms with Crippen LogP contribution in [0.5, 0.6) is 0 Å². The number of hydrogen-bond acceptors (Lipinski definition) is 2. The second-order valence-electron chi connectivity index (χ2n) is 4.54. The predicted molar refractivity (Wildman–Crippen MR) is 79.6 cm³/mol. The lowest BCUT2D eigenvalue weighted by atomic mass is 10.1. The van der Waals surface area contributed by atoms with Gasteiger partial charge >= 0.3 is 5.97 Å². The summed E-state index contributed by atoms with van der Waals surface area (Å²) in [5.41, 5.74) is 2.20. The molecule has 0 saturated carbocycles. The van der Waals surface area contributed by atoms with Crippen LogP contribution in [0, 0.1) is 11.8 Å². The van der Waals surface area contributed by atoms with Gasteiger partial charge in [0.15, 0.2) is 6.29 Å². The highest BCUT2D eigenvalue weighted by atomic mass is 16.4. The van der Waals surface area contributed by atoms with Gasteiger partial charge in [0.1, 0.15) is 0 Å². The number of benzene rings is 1. The van der Waals surface area contributed by atoms with Crippen molar-refractivity contribution in [3.8, 4) is 11.8 Å². The van der Waals surface area contributed by atoms with Gasteiger partial charge in [-0.3, -0.25) is 4.79 Å². The van der Waals surface area contributed by atoms with Crippen LogP contribution in [0.4, 0.5) is 0 Å². The molecule has 0 aliphatic rings. The van der Waals surface area contributed by atoms with Crippen LogP contribution < -0.4 is 0 Å². The molecule has 0 aliphatic carbocycles. The number of aromatic carboxylic acids is 1. The van der Waals surface area contributed by atoms with Crippen molar-refractivity contribution < 1.29 is 14.7 Å². The van der Waals surface area contributed by atoms with Crippen LogP contribution in [-0.2, 0) is 13.5 Å². The molecule has 1 aromatic heterocycles. The van der Waals surface area contributed by atoms with E-state index in [1.165, 1.54) is 0 Å². The third-order valence-corrected chi connectivity index (χ3v) is 3.32. The average molecular weight is 281 g/mol. The van der Waals surface area contributed by atoms with Crippen molar-refractivity contribution in [2.24, 2.45) is 7.05 Å². The normalized spacial score (nSPS) is 9.81. The van der Waals surface area contributed by atoms with E-state index in [4.69, 9.17) is 0 Å².